The first-order chi connectivity index (χ1) is 15.6. The lowest BCUT2D eigenvalue weighted by Crippen LogP contribution is -2.53. The number of rotatable bonds is 4. The number of nitrogens with zero attached hydrogens (tertiary/aromatic N) is 3. The van der Waals surface area contributed by atoms with Gasteiger partial charge < -0.3 is 4.90 Å². The van der Waals surface area contributed by atoms with Crippen molar-refractivity contribution < 1.29 is 18.8 Å². The maximum absolute atomic E-state index is 14.8. The van der Waals surface area contributed by atoms with E-state index in [4.69, 9.17) is 11.6 Å². The minimum Gasteiger partial charge on any atom is -0.329 e. The smallest absolute Gasteiger partial charge is 0.262 e. The number of amides is 3. The molecule has 0 N–H and O–H groups in total. The summed E-state index contributed by atoms with van der Waals surface area (Å²) in [6.45, 7) is 4.94. The van der Waals surface area contributed by atoms with Crippen molar-refractivity contribution in [3.63, 3.8) is 0 Å². The van der Waals surface area contributed by atoms with Crippen molar-refractivity contribution in [1.82, 2.24) is 9.80 Å². The summed E-state index contributed by atoms with van der Waals surface area (Å²) in [4.78, 5) is 42.2. The third-order valence-corrected chi connectivity index (χ3v) is 6.88. The number of hydrogen-bond donors (Lipinski definition) is 0. The maximum Gasteiger partial charge on any atom is 0.262 e. The minimum atomic E-state index is -1.13. The topological polar surface area (TPSA) is 81.5 Å². The van der Waals surface area contributed by atoms with Crippen molar-refractivity contribution >= 4 is 29.3 Å². The molecule has 33 heavy (non-hydrogen) atoms. The molecule has 3 atom stereocenters. The molecular weight excluding hydrogens is 445 g/mol. The second-order valence-electron chi connectivity index (χ2n) is 9.06. The highest BCUT2D eigenvalue weighted by molar-refractivity contribution is 6.30. The Morgan fingerprint density at radius 1 is 1.15 bits per heavy atom. The molecule has 0 aliphatic carbocycles. The fourth-order valence-electron chi connectivity index (χ4n) is 4.86. The molecule has 2 heterocycles. The lowest BCUT2D eigenvalue weighted by Gasteiger charge is -2.39. The molecule has 2 aliphatic rings. The van der Waals surface area contributed by atoms with Gasteiger partial charge in [0.25, 0.3) is 11.8 Å². The Kier molecular flexibility index (Phi) is 5.75. The number of carbonyl (C=O) groups excluding carboxylic acids is 3. The molecule has 1 fully saturated rings. The maximum atomic E-state index is 14.8. The van der Waals surface area contributed by atoms with Gasteiger partial charge in [-0.1, -0.05) is 23.7 Å². The van der Waals surface area contributed by atoms with E-state index in [1.165, 1.54) is 30.0 Å². The van der Waals surface area contributed by atoms with Crippen LogP contribution in [-0.4, -0.2) is 39.6 Å². The van der Waals surface area contributed by atoms with E-state index in [1.54, 1.807) is 38.1 Å². The van der Waals surface area contributed by atoms with Crippen LogP contribution in [0.25, 0.3) is 0 Å². The van der Waals surface area contributed by atoms with E-state index in [1.807, 2.05) is 0 Å². The van der Waals surface area contributed by atoms with E-state index < -0.39 is 47.1 Å². The summed E-state index contributed by atoms with van der Waals surface area (Å²) in [6.07, 6.45) is 0.894. The molecule has 1 saturated heterocycles. The van der Waals surface area contributed by atoms with Crippen LogP contribution in [-0.2, 0) is 4.79 Å². The van der Waals surface area contributed by atoms with Gasteiger partial charge in [0, 0.05) is 10.6 Å². The van der Waals surface area contributed by atoms with Crippen LogP contribution in [0.5, 0.6) is 0 Å². The molecule has 0 unspecified atom stereocenters. The van der Waals surface area contributed by atoms with Crippen molar-refractivity contribution in [1.29, 1.82) is 5.26 Å². The van der Waals surface area contributed by atoms with Crippen LogP contribution in [0, 0.1) is 22.6 Å². The highest BCUT2D eigenvalue weighted by atomic mass is 35.5. The monoisotopic (exact) mass is 467 g/mol. The van der Waals surface area contributed by atoms with Gasteiger partial charge in [-0.15, -0.1) is 0 Å². The Balaban J connectivity index is 1.74. The number of carbonyl (C=O) groups is 3. The van der Waals surface area contributed by atoms with Gasteiger partial charge in [0.05, 0.1) is 34.7 Å². The number of imide groups is 1. The number of likely N-dealkylation sites (tertiary alicyclic amines) is 1. The summed E-state index contributed by atoms with van der Waals surface area (Å²) < 4.78 is 14.8. The van der Waals surface area contributed by atoms with Gasteiger partial charge >= 0.3 is 0 Å². The molecule has 3 amide bonds. The second kappa shape index (κ2) is 8.27. The van der Waals surface area contributed by atoms with Crippen molar-refractivity contribution in [2.45, 2.75) is 51.7 Å². The second-order valence-corrected chi connectivity index (χ2v) is 9.49. The van der Waals surface area contributed by atoms with Gasteiger partial charge in [-0.3, -0.25) is 19.3 Å². The Hall–Kier alpha value is -3.24. The summed E-state index contributed by atoms with van der Waals surface area (Å²) in [7, 11) is 0. The molecule has 2 aromatic rings. The zero-order valence-corrected chi connectivity index (χ0v) is 19.3. The minimum absolute atomic E-state index is 0.245. The average molecular weight is 468 g/mol. The fraction of sp³-hybridized carbons (Fsp3) is 0.360. The SMILES string of the molecule is C[C@H](C(=O)N1[C@H](c2cc(Cl)ccc2F)CC[C@@H]1C(C)(C)C#N)N1C(=O)c2ccccc2C1=O. The van der Waals surface area contributed by atoms with Crippen LogP contribution in [0.1, 0.15) is 65.9 Å². The van der Waals surface area contributed by atoms with Crippen LogP contribution >= 0.6 is 11.6 Å². The van der Waals surface area contributed by atoms with Crippen LogP contribution in [0.3, 0.4) is 0 Å². The van der Waals surface area contributed by atoms with E-state index in [0.29, 0.717) is 17.9 Å². The van der Waals surface area contributed by atoms with E-state index in [2.05, 4.69) is 6.07 Å². The molecule has 2 aromatic carbocycles. The van der Waals surface area contributed by atoms with Crippen LogP contribution in [0.15, 0.2) is 42.5 Å². The van der Waals surface area contributed by atoms with E-state index in [0.717, 1.165) is 4.90 Å². The molecular formula is C25H23ClFN3O3. The fourth-order valence-corrected chi connectivity index (χ4v) is 5.04. The first-order valence-electron chi connectivity index (χ1n) is 10.7. The zero-order chi connectivity index (χ0) is 24.1. The van der Waals surface area contributed by atoms with Crippen molar-refractivity contribution in [2.75, 3.05) is 0 Å². The summed E-state index contributed by atoms with van der Waals surface area (Å²) in [6, 6.07) is 10.5. The Morgan fingerprint density at radius 3 is 2.33 bits per heavy atom. The number of halogens is 2. The third kappa shape index (κ3) is 3.68. The molecule has 170 valence electrons. The molecule has 8 heteroatoms. The highest BCUT2D eigenvalue weighted by Gasteiger charge is 2.50. The number of hydrogen-bond acceptors (Lipinski definition) is 4. The van der Waals surface area contributed by atoms with E-state index in [-0.39, 0.29) is 16.7 Å². The van der Waals surface area contributed by atoms with Gasteiger partial charge in [0.15, 0.2) is 0 Å². The normalized spacial score (nSPS) is 21.2. The Bertz CT molecular complexity index is 1170. The van der Waals surface area contributed by atoms with Crippen LogP contribution in [0.2, 0.25) is 5.02 Å². The molecule has 4 rings (SSSR count). The molecule has 0 aromatic heterocycles. The highest BCUT2D eigenvalue weighted by Crippen LogP contribution is 2.45. The third-order valence-electron chi connectivity index (χ3n) is 6.65. The Morgan fingerprint density at radius 2 is 1.76 bits per heavy atom. The van der Waals surface area contributed by atoms with Gasteiger partial charge in [-0.2, -0.15) is 5.26 Å². The summed E-state index contributed by atoms with van der Waals surface area (Å²) in [5, 5.41) is 10.1. The van der Waals surface area contributed by atoms with Crippen molar-refractivity contribution in [2.24, 2.45) is 5.41 Å². The first kappa shape index (κ1) is 22.9. The largest absolute Gasteiger partial charge is 0.329 e. The molecule has 0 bridgehead atoms. The molecule has 2 aliphatic heterocycles. The number of nitriles is 1. The van der Waals surface area contributed by atoms with Crippen LogP contribution < -0.4 is 0 Å². The molecule has 6 nitrogen and oxygen atoms in total. The standard InChI is InChI=1S/C25H23ClFN3O3/c1-14(29-23(32)16-6-4-5-7-17(16)24(29)33)22(31)30-20(10-11-21(30)25(2,3)13-28)18-12-15(26)8-9-19(18)27/h4-9,12,14,20-21H,10-11H2,1-3H3/t14-,20+,21-/m1/s1. The molecule has 0 saturated carbocycles. The van der Waals surface area contributed by atoms with Crippen molar-refractivity contribution in [3.8, 4) is 6.07 Å². The van der Waals surface area contributed by atoms with Crippen molar-refractivity contribution in [3.05, 3.63) is 70.0 Å². The van der Waals surface area contributed by atoms with E-state index >= 15 is 0 Å². The number of fused-ring (bicyclic) bond motifs is 1. The molecule has 0 spiro atoms. The number of benzene rings is 2. The first-order valence-corrected chi connectivity index (χ1v) is 11.1. The van der Waals surface area contributed by atoms with Gasteiger partial charge in [0.2, 0.25) is 5.91 Å². The lowest BCUT2D eigenvalue weighted by atomic mass is 9.84. The zero-order valence-electron chi connectivity index (χ0n) is 18.5. The van der Waals surface area contributed by atoms with E-state index in [9.17, 15) is 24.0 Å². The van der Waals surface area contributed by atoms with Gasteiger partial charge in [-0.05, 0) is 63.9 Å². The van der Waals surface area contributed by atoms with Crippen LogP contribution in [0.4, 0.5) is 4.39 Å². The summed E-state index contributed by atoms with van der Waals surface area (Å²) >= 11 is 6.11. The predicted octanol–water partition coefficient (Wildman–Crippen LogP) is 4.75. The molecule has 0 radical (unpaired) electrons. The lowest BCUT2D eigenvalue weighted by molar-refractivity contribution is -0.139. The average Bonchev–Trinajstić information content (AvgIpc) is 3.35. The summed E-state index contributed by atoms with van der Waals surface area (Å²) in [5.74, 6) is -2.11. The predicted molar refractivity (Wildman–Crippen MR) is 120 cm³/mol. The Labute approximate surface area is 196 Å². The van der Waals surface area contributed by atoms with Gasteiger partial charge in [0.1, 0.15) is 11.9 Å². The quantitative estimate of drug-likeness (QED) is 0.608. The van der Waals surface area contributed by atoms with Gasteiger partial charge in [-0.25, -0.2) is 4.39 Å². The summed E-state index contributed by atoms with van der Waals surface area (Å²) in [5.41, 5.74) is -0.187.